The molecular formula is C33H31N5O. The number of aliphatic imine (C=N–C) groups is 1. The minimum atomic E-state index is 0.108. The van der Waals surface area contributed by atoms with Gasteiger partial charge in [0.15, 0.2) is 0 Å². The van der Waals surface area contributed by atoms with Crippen LogP contribution in [-0.4, -0.2) is 44.6 Å². The third-order valence-corrected chi connectivity index (χ3v) is 8.45. The van der Waals surface area contributed by atoms with Crippen molar-refractivity contribution in [3.05, 3.63) is 112 Å². The number of carbonyl (C=O) groups excluding carboxylic acids is 1. The molecule has 1 amide bonds. The second-order valence-corrected chi connectivity index (χ2v) is 10.7. The van der Waals surface area contributed by atoms with Gasteiger partial charge in [0.05, 0.1) is 11.7 Å². The fourth-order valence-corrected chi connectivity index (χ4v) is 6.44. The number of hydrogen-bond donors (Lipinski definition) is 0. The Kier molecular flexibility index (Phi) is 5.95. The lowest BCUT2D eigenvalue weighted by Crippen LogP contribution is -2.36. The van der Waals surface area contributed by atoms with Gasteiger partial charge < -0.3 is 4.90 Å². The monoisotopic (exact) mass is 513 g/mol. The number of benzene rings is 2. The molecule has 0 atom stereocenters. The quantitative estimate of drug-likeness (QED) is 0.322. The van der Waals surface area contributed by atoms with Crippen LogP contribution in [0, 0.1) is 6.92 Å². The van der Waals surface area contributed by atoms with E-state index in [-0.39, 0.29) is 5.91 Å². The maximum atomic E-state index is 13.4. The van der Waals surface area contributed by atoms with Gasteiger partial charge in [-0.1, -0.05) is 29.8 Å². The zero-order valence-electron chi connectivity index (χ0n) is 22.2. The summed E-state index contributed by atoms with van der Waals surface area (Å²) in [4.78, 5) is 29.1. The van der Waals surface area contributed by atoms with Gasteiger partial charge in [-0.2, -0.15) is 0 Å². The minimum absolute atomic E-state index is 0.108. The summed E-state index contributed by atoms with van der Waals surface area (Å²) in [5.41, 5.74) is 12.2. The van der Waals surface area contributed by atoms with Gasteiger partial charge in [0.25, 0.3) is 5.91 Å². The average molecular weight is 514 g/mol. The Hall–Kier alpha value is -4.32. The molecule has 0 bridgehead atoms. The molecule has 3 aliphatic rings. The number of nitrogens with zero attached hydrogens (tertiary/aromatic N) is 5. The molecular weight excluding hydrogens is 482 g/mol. The van der Waals surface area contributed by atoms with Gasteiger partial charge in [-0.05, 0) is 85.2 Å². The number of pyridine rings is 1. The van der Waals surface area contributed by atoms with Gasteiger partial charge in [-0.25, -0.2) is 4.98 Å². The molecule has 194 valence electrons. The summed E-state index contributed by atoms with van der Waals surface area (Å²) >= 11 is 0. The zero-order chi connectivity index (χ0) is 26.3. The van der Waals surface area contributed by atoms with Crippen LogP contribution < -0.4 is 0 Å². The van der Waals surface area contributed by atoms with E-state index < -0.39 is 0 Å². The SMILES string of the molecule is Cc1nc2cnccc2n1-c1ccc(C(=O)N2CCC(=C3CC=NC4=C3CCc3ccccc3C4)CC2)cc1. The van der Waals surface area contributed by atoms with E-state index >= 15 is 0 Å². The van der Waals surface area contributed by atoms with E-state index in [0.717, 1.165) is 79.7 Å². The molecule has 6 heteroatoms. The molecule has 0 unspecified atom stereocenters. The van der Waals surface area contributed by atoms with Crippen molar-refractivity contribution in [2.45, 2.75) is 45.4 Å². The first-order valence-electron chi connectivity index (χ1n) is 13.9. The number of hydrogen-bond acceptors (Lipinski definition) is 4. The Balaban J connectivity index is 1.07. The lowest BCUT2D eigenvalue weighted by molar-refractivity contribution is 0.0743. The van der Waals surface area contributed by atoms with Crippen LogP contribution in [0.1, 0.15) is 53.0 Å². The fourth-order valence-electron chi connectivity index (χ4n) is 6.44. The number of fused-ring (bicyclic) bond motifs is 2. The van der Waals surface area contributed by atoms with Crippen LogP contribution >= 0.6 is 0 Å². The lowest BCUT2D eigenvalue weighted by atomic mass is 9.87. The summed E-state index contributed by atoms with van der Waals surface area (Å²) in [7, 11) is 0. The highest BCUT2D eigenvalue weighted by atomic mass is 16.2. The molecule has 1 fully saturated rings. The number of amides is 1. The van der Waals surface area contributed by atoms with Crippen molar-refractivity contribution in [2.75, 3.05) is 13.1 Å². The number of aryl methyl sites for hydroxylation is 2. The molecule has 7 rings (SSSR count). The smallest absolute Gasteiger partial charge is 0.253 e. The maximum absolute atomic E-state index is 13.4. The van der Waals surface area contributed by atoms with E-state index in [1.54, 1.807) is 12.4 Å². The standard InChI is InChI=1S/C33H31N5O/c1-22-36-31-21-34-16-13-32(31)38(22)27-9-6-25(7-10-27)33(39)37-18-14-24(15-19-37)28-12-17-35-30-20-26-5-3-2-4-23(26)8-11-29(28)30/h2-7,9-10,13,16-17,21H,8,11-12,14-15,18-20H2,1H3. The number of likely N-dealkylation sites (tertiary alicyclic amines) is 1. The van der Waals surface area contributed by atoms with E-state index in [1.165, 1.54) is 33.5 Å². The molecule has 4 aromatic rings. The average Bonchev–Trinajstić information content (AvgIpc) is 3.19. The Morgan fingerprint density at radius 3 is 2.49 bits per heavy atom. The van der Waals surface area contributed by atoms with Gasteiger partial charge in [0.2, 0.25) is 0 Å². The lowest BCUT2D eigenvalue weighted by Gasteiger charge is -2.31. The molecule has 6 nitrogen and oxygen atoms in total. The van der Waals surface area contributed by atoms with Crippen LogP contribution in [0.25, 0.3) is 16.7 Å². The fraction of sp³-hybridized carbons (Fsp3) is 0.273. The van der Waals surface area contributed by atoms with Crippen LogP contribution in [-0.2, 0) is 12.8 Å². The predicted octanol–water partition coefficient (Wildman–Crippen LogP) is 6.18. The Morgan fingerprint density at radius 1 is 0.872 bits per heavy atom. The largest absolute Gasteiger partial charge is 0.338 e. The highest BCUT2D eigenvalue weighted by Crippen LogP contribution is 2.37. The molecule has 0 radical (unpaired) electrons. The summed E-state index contributed by atoms with van der Waals surface area (Å²) in [6.45, 7) is 3.51. The Morgan fingerprint density at radius 2 is 1.67 bits per heavy atom. The topological polar surface area (TPSA) is 63.4 Å². The number of piperidine rings is 1. The summed E-state index contributed by atoms with van der Waals surface area (Å²) in [6.07, 6.45) is 11.5. The Labute approximate surface area is 228 Å². The van der Waals surface area contributed by atoms with Crippen molar-refractivity contribution in [1.29, 1.82) is 0 Å². The van der Waals surface area contributed by atoms with Gasteiger partial charge in [0.1, 0.15) is 11.3 Å². The predicted molar refractivity (Wildman–Crippen MR) is 154 cm³/mol. The number of rotatable bonds is 2. The van der Waals surface area contributed by atoms with Crippen LogP contribution in [0.4, 0.5) is 0 Å². The van der Waals surface area contributed by atoms with Crippen LogP contribution in [0.5, 0.6) is 0 Å². The third kappa shape index (κ3) is 4.30. The van der Waals surface area contributed by atoms with Gasteiger partial charge >= 0.3 is 0 Å². The van der Waals surface area contributed by atoms with E-state index in [0.29, 0.717) is 0 Å². The van der Waals surface area contributed by atoms with Gasteiger partial charge in [0, 0.05) is 55.3 Å². The van der Waals surface area contributed by atoms with Crippen LogP contribution in [0.2, 0.25) is 0 Å². The first kappa shape index (κ1) is 23.8. The second-order valence-electron chi connectivity index (χ2n) is 10.7. The van der Waals surface area contributed by atoms with Crippen molar-refractivity contribution in [3.8, 4) is 5.69 Å². The molecule has 0 N–H and O–H groups in total. The number of allylic oxidation sites excluding steroid dienone is 3. The molecule has 2 aromatic carbocycles. The molecule has 1 saturated heterocycles. The highest BCUT2D eigenvalue weighted by molar-refractivity contribution is 5.94. The molecule has 0 spiro atoms. The van der Waals surface area contributed by atoms with Gasteiger partial charge in [-0.3, -0.25) is 19.3 Å². The molecule has 1 aliphatic carbocycles. The maximum Gasteiger partial charge on any atom is 0.253 e. The summed E-state index contributed by atoms with van der Waals surface area (Å²) < 4.78 is 2.10. The first-order valence-corrected chi connectivity index (χ1v) is 13.9. The van der Waals surface area contributed by atoms with Crippen molar-refractivity contribution in [3.63, 3.8) is 0 Å². The van der Waals surface area contributed by atoms with E-state index in [9.17, 15) is 4.79 Å². The molecule has 4 heterocycles. The highest BCUT2D eigenvalue weighted by Gasteiger charge is 2.26. The summed E-state index contributed by atoms with van der Waals surface area (Å²) in [5, 5.41) is 0. The zero-order valence-corrected chi connectivity index (χ0v) is 22.2. The number of imidazole rings is 1. The molecule has 0 saturated carbocycles. The van der Waals surface area contributed by atoms with E-state index in [4.69, 9.17) is 4.99 Å². The number of carbonyl (C=O) groups is 1. The summed E-state index contributed by atoms with van der Waals surface area (Å²) in [6, 6.07) is 18.7. The van der Waals surface area contributed by atoms with Gasteiger partial charge in [-0.15, -0.1) is 0 Å². The number of aromatic nitrogens is 3. The van der Waals surface area contributed by atoms with Crippen molar-refractivity contribution in [1.82, 2.24) is 19.4 Å². The second kappa shape index (κ2) is 9.77. The van der Waals surface area contributed by atoms with Crippen molar-refractivity contribution in [2.24, 2.45) is 4.99 Å². The first-order chi connectivity index (χ1) is 19.2. The van der Waals surface area contributed by atoms with E-state index in [1.807, 2.05) is 42.2 Å². The van der Waals surface area contributed by atoms with E-state index in [2.05, 4.69) is 45.0 Å². The summed E-state index contributed by atoms with van der Waals surface area (Å²) in [5.74, 6) is 1.01. The Bertz CT molecular complexity index is 1680. The van der Waals surface area contributed by atoms with Crippen LogP contribution in [0.15, 0.2) is 94.4 Å². The minimum Gasteiger partial charge on any atom is -0.338 e. The van der Waals surface area contributed by atoms with Crippen molar-refractivity contribution >= 4 is 23.2 Å². The van der Waals surface area contributed by atoms with Crippen LogP contribution in [0.3, 0.4) is 0 Å². The molecule has 2 aliphatic heterocycles. The van der Waals surface area contributed by atoms with Crippen molar-refractivity contribution < 1.29 is 4.79 Å². The normalized spacial score (nSPS) is 17.3. The molecule has 39 heavy (non-hydrogen) atoms. The third-order valence-electron chi connectivity index (χ3n) is 8.45. The molecule has 2 aromatic heterocycles.